The Balaban J connectivity index is 2.51. The van der Waals surface area contributed by atoms with Crippen LogP contribution in [0.4, 0.5) is 0 Å². The number of hydrogen-bond acceptors (Lipinski definition) is 3. The van der Waals surface area contributed by atoms with E-state index in [1.807, 2.05) is 39.7 Å². The molecule has 86 valence electrons. The van der Waals surface area contributed by atoms with Crippen LogP contribution in [0.25, 0.3) is 0 Å². The molecular formula is C11H15BClNO2. The van der Waals surface area contributed by atoms with E-state index in [9.17, 15) is 0 Å². The van der Waals surface area contributed by atoms with E-state index in [1.54, 1.807) is 6.20 Å². The van der Waals surface area contributed by atoms with Gasteiger partial charge >= 0.3 is 7.12 Å². The van der Waals surface area contributed by atoms with Crippen molar-refractivity contribution < 1.29 is 9.31 Å². The van der Waals surface area contributed by atoms with Gasteiger partial charge in [0.25, 0.3) is 0 Å². The second kappa shape index (κ2) is 3.72. The minimum Gasteiger partial charge on any atom is -0.403 e. The Morgan fingerprint density at radius 2 is 2.00 bits per heavy atom. The summed E-state index contributed by atoms with van der Waals surface area (Å²) in [6.45, 7) is 7.87. The van der Waals surface area contributed by atoms with Crippen molar-refractivity contribution >= 4 is 18.7 Å². The molecule has 1 aromatic heterocycles. The summed E-state index contributed by atoms with van der Waals surface area (Å²) in [5.74, 6) is 0. The number of nitrogens with zero attached hydrogens (tertiary/aromatic N) is 1. The predicted octanol–water partition coefficient (Wildman–Crippen LogP) is 2.89. The highest BCUT2D eigenvalue weighted by Crippen LogP contribution is 2.46. The number of hydrogen-bond donors (Lipinski definition) is 0. The molecule has 0 aromatic carbocycles. The summed E-state index contributed by atoms with van der Waals surface area (Å²) in [7, 11) is -0.240. The zero-order chi connectivity index (χ0) is 12.0. The minimum absolute atomic E-state index is 0.240. The quantitative estimate of drug-likeness (QED) is 0.558. The van der Waals surface area contributed by atoms with Gasteiger partial charge < -0.3 is 9.31 Å². The van der Waals surface area contributed by atoms with Crippen LogP contribution in [0.1, 0.15) is 26.3 Å². The molecule has 2 rings (SSSR count). The first kappa shape index (κ1) is 11.9. The van der Waals surface area contributed by atoms with Gasteiger partial charge in [0.15, 0.2) is 0 Å². The van der Waals surface area contributed by atoms with Crippen LogP contribution in [0, 0.1) is 0 Å². The van der Waals surface area contributed by atoms with Gasteiger partial charge in [-0.3, -0.25) is 0 Å². The maximum atomic E-state index is 6.12. The summed E-state index contributed by atoms with van der Waals surface area (Å²) < 4.78 is 11.6. The van der Waals surface area contributed by atoms with E-state index in [1.165, 1.54) is 0 Å². The highest BCUT2D eigenvalue weighted by atomic mass is 35.5. The molecule has 0 amide bonds. The third-order valence-electron chi connectivity index (χ3n) is 3.28. The van der Waals surface area contributed by atoms with Crippen LogP contribution < -0.4 is 0 Å². The lowest BCUT2D eigenvalue weighted by Crippen LogP contribution is -2.42. The lowest BCUT2D eigenvalue weighted by molar-refractivity contribution is -0.0135. The Kier molecular flexibility index (Phi) is 2.77. The Morgan fingerprint density at radius 3 is 2.50 bits per heavy atom. The normalized spacial score (nSPS) is 28.4. The van der Waals surface area contributed by atoms with Crippen LogP contribution in [0.3, 0.4) is 0 Å². The van der Waals surface area contributed by atoms with E-state index in [0.717, 1.165) is 5.56 Å². The van der Waals surface area contributed by atoms with Crippen LogP contribution in [-0.4, -0.2) is 17.7 Å². The van der Waals surface area contributed by atoms with E-state index < -0.39 is 11.2 Å². The third-order valence-corrected chi connectivity index (χ3v) is 3.59. The molecule has 5 heteroatoms. The standard InChI is InChI=1S/C11H15BClNO2/c1-10(2)11(3,16-12(4)15-10)8-6-5-7-14-9(8)13/h5-7H,1-4H3. The van der Waals surface area contributed by atoms with Gasteiger partial charge in [-0.25, -0.2) is 4.98 Å². The molecular weight excluding hydrogens is 224 g/mol. The molecule has 0 spiro atoms. The molecule has 16 heavy (non-hydrogen) atoms. The van der Waals surface area contributed by atoms with E-state index in [2.05, 4.69) is 4.98 Å². The third kappa shape index (κ3) is 1.65. The fraction of sp³-hybridized carbons (Fsp3) is 0.545. The van der Waals surface area contributed by atoms with Crippen LogP contribution in [0.15, 0.2) is 18.3 Å². The molecule has 1 aromatic rings. The van der Waals surface area contributed by atoms with Gasteiger partial charge in [-0.2, -0.15) is 0 Å². The van der Waals surface area contributed by atoms with Gasteiger partial charge in [-0.15, -0.1) is 0 Å². The van der Waals surface area contributed by atoms with E-state index in [-0.39, 0.29) is 7.12 Å². The zero-order valence-corrected chi connectivity index (χ0v) is 10.7. The van der Waals surface area contributed by atoms with Crippen molar-refractivity contribution in [2.45, 2.75) is 38.8 Å². The molecule has 1 aliphatic heterocycles. The first-order valence-corrected chi connectivity index (χ1v) is 5.71. The van der Waals surface area contributed by atoms with Crippen LogP contribution in [0.5, 0.6) is 0 Å². The molecule has 0 bridgehead atoms. The molecule has 3 nitrogen and oxygen atoms in total. The fourth-order valence-electron chi connectivity index (χ4n) is 2.15. The minimum atomic E-state index is -0.572. The topological polar surface area (TPSA) is 31.4 Å². The van der Waals surface area contributed by atoms with E-state index in [4.69, 9.17) is 20.9 Å². The Morgan fingerprint density at radius 1 is 1.31 bits per heavy atom. The molecule has 0 N–H and O–H groups in total. The second-order valence-corrected chi connectivity index (χ2v) is 5.05. The lowest BCUT2D eigenvalue weighted by Gasteiger charge is -2.37. The highest BCUT2D eigenvalue weighted by Gasteiger charge is 2.54. The van der Waals surface area contributed by atoms with Crippen molar-refractivity contribution in [3.05, 3.63) is 29.0 Å². The molecule has 1 aliphatic rings. The average Bonchev–Trinajstić information content (AvgIpc) is 2.36. The molecule has 1 fully saturated rings. The molecule has 1 atom stereocenters. The summed E-state index contributed by atoms with van der Waals surface area (Å²) in [5.41, 5.74) is -0.136. The highest BCUT2D eigenvalue weighted by molar-refractivity contribution is 6.43. The maximum Gasteiger partial charge on any atom is 0.454 e. The molecule has 2 heterocycles. The van der Waals surface area contributed by atoms with Gasteiger partial charge in [0.2, 0.25) is 0 Å². The van der Waals surface area contributed by atoms with Crippen molar-refractivity contribution in [3.63, 3.8) is 0 Å². The number of rotatable bonds is 1. The molecule has 1 saturated heterocycles. The smallest absolute Gasteiger partial charge is 0.403 e. The zero-order valence-electron chi connectivity index (χ0n) is 9.95. The maximum absolute atomic E-state index is 6.12. The number of pyridine rings is 1. The van der Waals surface area contributed by atoms with E-state index >= 15 is 0 Å². The van der Waals surface area contributed by atoms with Crippen molar-refractivity contribution in [1.29, 1.82) is 0 Å². The summed E-state index contributed by atoms with van der Waals surface area (Å²) >= 11 is 6.12. The van der Waals surface area contributed by atoms with Gasteiger partial charge in [0.05, 0.1) is 5.60 Å². The summed E-state index contributed by atoms with van der Waals surface area (Å²) in [6.07, 6.45) is 1.67. The molecule has 0 saturated carbocycles. The average molecular weight is 240 g/mol. The monoisotopic (exact) mass is 239 g/mol. The SMILES string of the molecule is CB1OC(C)(C)C(C)(c2cccnc2Cl)O1. The van der Waals surface area contributed by atoms with Gasteiger partial charge in [-0.1, -0.05) is 17.7 Å². The lowest BCUT2D eigenvalue weighted by atomic mass is 9.82. The fourth-order valence-corrected chi connectivity index (χ4v) is 2.45. The Labute approximate surface area is 101 Å². The second-order valence-electron chi connectivity index (χ2n) is 4.69. The largest absolute Gasteiger partial charge is 0.454 e. The summed E-state index contributed by atoms with van der Waals surface area (Å²) in [6, 6.07) is 3.79. The summed E-state index contributed by atoms with van der Waals surface area (Å²) in [4.78, 5) is 4.09. The van der Waals surface area contributed by atoms with E-state index in [0.29, 0.717) is 5.15 Å². The number of halogens is 1. The Hall–Kier alpha value is -0.575. The summed E-state index contributed by atoms with van der Waals surface area (Å²) in [5, 5.41) is 0.468. The van der Waals surface area contributed by atoms with Crippen molar-refractivity contribution in [2.24, 2.45) is 0 Å². The van der Waals surface area contributed by atoms with Crippen molar-refractivity contribution in [3.8, 4) is 0 Å². The first-order chi connectivity index (χ1) is 7.37. The van der Waals surface area contributed by atoms with Crippen LogP contribution in [-0.2, 0) is 14.9 Å². The van der Waals surface area contributed by atoms with Crippen LogP contribution >= 0.6 is 11.6 Å². The van der Waals surface area contributed by atoms with Gasteiger partial charge in [0.1, 0.15) is 10.8 Å². The predicted molar refractivity (Wildman–Crippen MR) is 64.5 cm³/mol. The van der Waals surface area contributed by atoms with Gasteiger partial charge in [-0.05, 0) is 33.7 Å². The Bertz CT molecular complexity index is 413. The molecule has 1 unspecified atom stereocenters. The van der Waals surface area contributed by atoms with Crippen molar-refractivity contribution in [2.75, 3.05) is 0 Å². The molecule has 0 aliphatic carbocycles. The first-order valence-electron chi connectivity index (χ1n) is 5.33. The van der Waals surface area contributed by atoms with Crippen molar-refractivity contribution in [1.82, 2.24) is 4.98 Å². The molecule has 0 radical (unpaired) electrons. The number of aromatic nitrogens is 1. The van der Waals surface area contributed by atoms with Gasteiger partial charge in [0, 0.05) is 11.8 Å². The van der Waals surface area contributed by atoms with Crippen LogP contribution in [0.2, 0.25) is 12.0 Å².